The van der Waals surface area contributed by atoms with Crippen LogP contribution in [0, 0.1) is 0 Å². The predicted molar refractivity (Wildman–Crippen MR) is 78.7 cm³/mol. The highest BCUT2D eigenvalue weighted by Crippen LogP contribution is 2.23. The lowest BCUT2D eigenvalue weighted by Gasteiger charge is -2.22. The van der Waals surface area contributed by atoms with E-state index in [2.05, 4.69) is 10.4 Å². The van der Waals surface area contributed by atoms with E-state index >= 15 is 0 Å². The number of aromatic nitrogens is 1. The highest BCUT2D eigenvalue weighted by atomic mass is 32.2. The van der Waals surface area contributed by atoms with Crippen molar-refractivity contribution in [3.05, 3.63) is 48.7 Å². The lowest BCUT2D eigenvalue weighted by Crippen LogP contribution is -2.30. The quantitative estimate of drug-likeness (QED) is 0.645. The Morgan fingerprint density at radius 1 is 1.25 bits per heavy atom. The Morgan fingerprint density at radius 3 is 2.55 bits per heavy atom. The second-order valence-electron chi connectivity index (χ2n) is 4.03. The molecule has 0 aliphatic carbocycles. The van der Waals surface area contributed by atoms with Crippen LogP contribution in [0.25, 0.3) is 0 Å². The van der Waals surface area contributed by atoms with Crippen molar-refractivity contribution >= 4 is 21.5 Å². The molecule has 0 aliphatic rings. The van der Waals surface area contributed by atoms with Gasteiger partial charge in [-0.1, -0.05) is 18.2 Å². The zero-order valence-corrected chi connectivity index (χ0v) is 11.8. The fourth-order valence-electron chi connectivity index (χ4n) is 1.86. The molecule has 0 unspecified atom stereocenters. The third kappa shape index (κ3) is 2.73. The molecule has 2 aromatic rings. The largest absolute Gasteiger partial charge is 0.308 e. The van der Waals surface area contributed by atoms with Gasteiger partial charge in [0.2, 0.25) is 0 Å². The zero-order valence-electron chi connectivity index (χ0n) is 11.0. The molecule has 0 spiro atoms. The number of hydrogen-bond acceptors (Lipinski definition) is 5. The fraction of sp³-hybridized carbons (Fsp3) is 0.154. The van der Waals surface area contributed by atoms with Crippen molar-refractivity contribution in [1.29, 1.82) is 0 Å². The van der Waals surface area contributed by atoms with Crippen molar-refractivity contribution in [2.45, 2.75) is 11.8 Å². The molecule has 0 fully saturated rings. The van der Waals surface area contributed by atoms with E-state index in [1.165, 1.54) is 22.6 Å². The van der Waals surface area contributed by atoms with Crippen LogP contribution in [0.15, 0.2) is 53.6 Å². The summed E-state index contributed by atoms with van der Waals surface area (Å²) < 4.78 is 26.7. The number of anilines is 2. The number of hydrogen-bond donors (Lipinski definition) is 2. The van der Waals surface area contributed by atoms with E-state index in [9.17, 15) is 8.42 Å². The van der Waals surface area contributed by atoms with Gasteiger partial charge in [-0.15, -0.1) is 0 Å². The number of para-hydroxylation sites is 1. The highest BCUT2D eigenvalue weighted by molar-refractivity contribution is 7.92. The maximum atomic E-state index is 12.7. The van der Waals surface area contributed by atoms with Crippen molar-refractivity contribution in [1.82, 2.24) is 4.98 Å². The molecule has 2 rings (SSSR count). The van der Waals surface area contributed by atoms with Crippen molar-refractivity contribution in [3.63, 3.8) is 0 Å². The van der Waals surface area contributed by atoms with E-state index in [-0.39, 0.29) is 4.90 Å². The highest BCUT2D eigenvalue weighted by Gasteiger charge is 2.23. The molecule has 1 aromatic carbocycles. The Labute approximate surface area is 118 Å². The Bertz CT molecular complexity index is 674. The zero-order chi connectivity index (χ0) is 14.6. The number of nitrogen functional groups attached to an aromatic ring is 1. The van der Waals surface area contributed by atoms with Gasteiger partial charge in [0.1, 0.15) is 5.82 Å². The summed E-state index contributed by atoms with van der Waals surface area (Å²) in [4.78, 5) is 4.05. The van der Waals surface area contributed by atoms with Gasteiger partial charge in [-0.3, -0.25) is 4.31 Å². The van der Waals surface area contributed by atoms with Crippen LogP contribution in [-0.4, -0.2) is 19.9 Å². The Morgan fingerprint density at radius 2 is 1.95 bits per heavy atom. The number of nitrogens with zero attached hydrogens (tertiary/aromatic N) is 2. The first-order valence-corrected chi connectivity index (χ1v) is 7.54. The summed E-state index contributed by atoms with van der Waals surface area (Å²) in [5.74, 6) is 5.56. The molecule has 1 aromatic heterocycles. The Kier molecular flexibility index (Phi) is 4.21. The number of sulfonamides is 1. The van der Waals surface area contributed by atoms with Gasteiger partial charge in [0.25, 0.3) is 10.0 Å². The van der Waals surface area contributed by atoms with E-state index in [0.717, 1.165) is 0 Å². The average molecular weight is 292 g/mol. The maximum Gasteiger partial charge on any atom is 0.264 e. The molecule has 3 N–H and O–H groups in total. The number of benzene rings is 1. The monoisotopic (exact) mass is 292 g/mol. The Balaban J connectivity index is 2.47. The molecule has 1 heterocycles. The first kappa shape index (κ1) is 14.3. The molecule has 0 radical (unpaired) electrons. The third-order valence-electron chi connectivity index (χ3n) is 2.80. The van der Waals surface area contributed by atoms with Crippen LogP contribution in [0.2, 0.25) is 0 Å². The van der Waals surface area contributed by atoms with Crippen LogP contribution in [0.4, 0.5) is 11.5 Å². The van der Waals surface area contributed by atoms with Gasteiger partial charge >= 0.3 is 0 Å². The van der Waals surface area contributed by atoms with Gasteiger partial charge in [-0.25, -0.2) is 19.2 Å². The predicted octanol–water partition coefficient (Wildman–Crippen LogP) is 1.58. The summed E-state index contributed by atoms with van der Waals surface area (Å²) in [5.41, 5.74) is 2.96. The SMILES string of the molecule is CCN(c1ccccc1)S(=O)(=O)c1ccnc(NN)c1. The minimum Gasteiger partial charge on any atom is -0.308 e. The van der Waals surface area contributed by atoms with E-state index in [1.807, 2.05) is 6.07 Å². The van der Waals surface area contributed by atoms with E-state index in [1.54, 1.807) is 31.2 Å². The normalized spacial score (nSPS) is 11.1. The lowest BCUT2D eigenvalue weighted by molar-refractivity contribution is 0.591. The molecule has 20 heavy (non-hydrogen) atoms. The number of nitrogens with one attached hydrogen (secondary N) is 1. The smallest absolute Gasteiger partial charge is 0.264 e. The molecule has 0 bridgehead atoms. The van der Waals surface area contributed by atoms with Crippen molar-refractivity contribution in [3.8, 4) is 0 Å². The molecular formula is C13H16N4O2S. The molecule has 0 amide bonds. The third-order valence-corrected chi connectivity index (χ3v) is 4.70. The minimum absolute atomic E-state index is 0.145. The van der Waals surface area contributed by atoms with Crippen LogP contribution in [-0.2, 0) is 10.0 Å². The molecule has 0 atom stereocenters. The van der Waals surface area contributed by atoms with E-state index < -0.39 is 10.0 Å². The maximum absolute atomic E-state index is 12.7. The number of pyridine rings is 1. The van der Waals surface area contributed by atoms with Crippen molar-refractivity contribution in [2.75, 3.05) is 16.3 Å². The first-order valence-electron chi connectivity index (χ1n) is 6.10. The van der Waals surface area contributed by atoms with Gasteiger partial charge in [0, 0.05) is 18.8 Å². The van der Waals surface area contributed by atoms with E-state index in [4.69, 9.17) is 5.84 Å². The van der Waals surface area contributed by atoms with Crippen LogP contribution in [0.5, 0.6) is 0 Å². The molecule has 0 aliphatic heterocycles. The van der Waals surface area contributed by atoms with Crippen LogP contribution < -0.4 is 15.6 Å². The molecule has 106 valence electrons. The van der Waals surface area contributed by atoms with Gasteiger partial charge in [0.15, 0.2) is 0 Å². The number of rotatable bonds is 5. The lowest BCUT2D eigenvalue weighted by atomic mass is 10.3. The molecule has 7 heteroatoms. The summed E-state index contributed by atoms with van der Waals surface area (Å²) in [6.45, 7) is 2.12. The van der Waals surface area contributed by atoms with Gasteiger partial charge in [-0.2, -0.15) is 0 Å². The topological polar surface area (TPSA) is 88.3 Å². The first-order chi connectivity index (χ1) is 9.59. The second-order valence-corrected chi connectivity index (χ2v) is 5.89. The standard InChI is InChI=1S/C13H16N4O2S/c1-2-17(11-6-4-3-5-7-11)20(18,19)12-8-9-15-13(10-12)16-14/h3-10H,2,14H2,1H3,(H,15,16). The molecule has 6 nitrogen and oxygen atoms in total. The van der Waals surface area contributed by atoms with Gasteiger partial charge < -0.3 is 5.43 Å². The van der Waals surface area contributed by atoms with Crippen molar-refractivity contribution < 1.29 is 8.42 Å². The summed E-state index contributed by atoms with van der Waals surface area (Å²) in [7, 11) is -3.64. The van der Waals surface area contributed by atoms with Gasteiger partial charge in [-0.05, 0) is 25.1 Å². The van der Waals surface area contributed by atoms with Crippen LogP contribution in [0.1, 0.15) is 6.92 Å². The summed E-state index contributed by atoms with van der Waals surface area (Å²) in [6, 6.07) is 11.8. The van der Waals surface area contributed by atoms with E-state index in [0.29, 0.717) is 18.1 Å². The summed E-state index contributed by atoms with van der Waals surface area (Å²) in [5, 5.41) is 0. The number of nitrogens with two attached hydrogens (primary N) is 1. The van der Waals surface area contributed by atoms with Crippen LogP contribution >= 0.6 is 0 Å². The molecular weight excluding hydrogens is 276 g/mol. The Hall–Kier alpha value is -2.12. The van der Waals surface area contributed by atoms with Gasteiger partial charge in [0.05, 0.1) is 10.6 Å². The van der Waals surface area contributed by atoms with Crippen molar-refractivity contribution in [2.24, 2.45) is 5.84 Å². The second kappa shape index (κ2) is 5.89. The minimum atomic E-state index is -3.64. The summed E-state index contributed by atoms with van der Waals surface area (Å²) in [6.07, 6.45) is 1.40. The molecule has 0 saturated heterocycles. The summed E-state index contributed by atoms with van der Waals surface area (Å²) >= 11 is 0. The average Bonchev–Trinajstić information content (AvgIpc) is 2.49. The van der Waals surface area contributed by atoms with Crippen LogP contribution in [0.3, 0.4) is 0 Å². The fourth-order valence-corrected chi connectivity index (χ4v) is 3.35. The molecule has 0 saturated carbocycles. The number of hydrazine groups is 1.